The number of piperidine rings is 1. The summed E-state index contributed by atoms with van der Waals surface area (Å²) in [6.07, 6.45) is 4.27. The van der Waals surface area contributed by atoms with E-state index in [9.17, 15) is 4.79 Å². The van der Waals surface area contributed by atoms with Gasteiger partial charge >= 0.3 is 0 Å². The van der Waals surface area contributed by atoms with Crippen LogP contribution in [0.5, 0.6) is 0 Å². The minimum absolute atomic E-state index is 0.0423. The highest BCUT2D eigenvalue weighted by atomic mass is 16.2. The summed E-state index contributed by atoms with van der Waals surface area (Å²) in [6, 6.07) is 0.430. The first-order chi connectivity index (χ1) is 7.91. The van der Waals surface area contributed by atoms with Gasteiger partial charge in [0.05, 0.1) is 6.04 Å². The zero-order valence-corrected chi connectivity index (χ0v) is 11.6. The Balaban J connectivity index is 2.48. The predicted octanol–water partition coefficient (Wildman–Crippen LogP) is 1.65. The quantitative estimate of drug-likeness (QED) is 0.787. The number of hydrogen-bond acceptors (Lipinski definition) is 3. The van der Waals surface area contributed by atoms with Crippen molar-refractivity contribution in [3.8, 4) is 0 Å². The highest BCUT2D eigenvalue weighted by Gasteiger charge is 2.27. The van der Waals surface area contributed by atoms with Crippen LogP contribution in [-0.2, 0) is 4.79 Å². The van der Waals surface area contributed by atoms with Gasteiger partial charge in [0.15, 0.2) is 0 Å². The van der Waals surface area contributed by atoms with Crippen molar-refractivity contribution in [1.29, 1.82) is 0 Å². The molecule has 1 saturated heterocycles. The third-order valence-electron chi connectivity index (χ3n) is 3.49. The van der Waals surface area contributed by atoms with Crippen LogP contribution >= 0.6 is 0 Å². The number of hydrazine groups is 1. The van der Waals surface area contributed by atoms with Crippen molar-refractivity contribution in [2.24, 2.45) is 11.7 Å². The number of amides is 1. The van der Waals surface area contributed by atoms with E-state index < -0.39 is 6.04 Å². The van der Waals surface area contributed by atoms with Crippen LogP contribution in [0.1, 0.15) is 53.4 Å². The topological polar surface area (TPSA) is 58.4 Å². The molecule has 0 radical (unpaired) electrons. The molecule has 0 bridgehead atoms. The van der Waals surface area contributed by atoms with Gasteiger partial charge in [0.1, 0.15) is 0 Å². The fourth-order valence-electron chi connectivity index (χ4n) is 2.47. The van der Waals surface area contributed by atoms with Crippen LogP contribution in [0.15, 0.2) is 0 Å². The molecule has 2 unspecified atom stereocenters. The summed E-state index contributed by atoms with van der Waals surface area (Å²) >= 11 is 0. The van der Waals surface area contributed by atoms with Crippen molar-refractivity contribution in [2.75, 3.05) is 0 Å². The first-order valence-electron chi connectivity index (χ1n) is 6.76. The highest BCUT2D eigenvalue weighted by molar-refractivity contribution is 5.81. The van der Waals surface area contributed by atoms with E-state index in [0.29, 0.717) is 18.0 Å². The highest BCUT2D eigenvalue weighted by Crippen LogP contribution is 2.20. The SMILES string of the molecule is CC(C)C[C@H](N)C(=O)NN1C(C)CCCC1C. The summed E-state index contributed by atoms with van der Waals surface area (Å²) in [4.78, 5) is 12.0. The monoisotopic (exact) mass is 241 g/mol. The molecule has 1 heterocycles. The van der Waals surface area contributed by atoms with E-state index in [1.807, 2.05) is 0 Å². The van der Waals surface area contributed by atoms with Gasteiger partial charge in [-0.25, -0.2) is 5.01 Å². The van der Waals surface area contributed by atoms with Gasteiger partial charge in [0.2, 0.25) is 0 Å². The van der Waals surface area contributed by atoms with Crippen LogP contribution in [0.3, 0.4) is 0 Å². The minimum atomic E-state index is -0.392. The van der Waals surface area contributed by atoms with Gasteiger partial charge in [-0.05, 0) is 39.0 Å². The standard InChI is InChI=1S/C13H27N3O/c1-9(2)8-12(14)13(17)15-16-10(3)6-5-7-11(16)4/h9-12H,5-8,14H2,1-4H3,(H,15,17)/t10?,11?,12-/m0/s1. The second-order valence-corrected chi connectivity index (χ2v) is 5.75. The molecule has 0 spiro atoms. The van der Waals surface area contributed by atoms with Crippen molar-refractivity contribution >= 4 is 5.91 Å². The molecule has 0 aromatic rings. The number of carbonyl (C=O) groups is 1. The number of carbonyl (C=O) groups excluding carboxylic acids is 1. The average Bonchev–Trinajstić information content (AvgIpc) is 2.22. The molecule has 100 valence electrons. The largest absolute Gasteiger partial charge is 0.320 e. The number of hydrogen-bond donors (Lipinski definition) is 2. The molecule has 3 N–H and O–H groups in total. The Kier molecular flexibility index (Phi) is 5.40. The normalized spacial score (nSPS) is 28.1. The lowest BCUT2D eigenvalue weighted by atomic mass is 9.99. The van der Waals surface area contributed by atoms with E-state index in [2.05, 4.69) is 38.1 Å². The first kappa shape index (κ1) is 14.5. The third-order valence-corrected chi connectivity index (χ3v) is 3.49. The summed E-state index contributed by atoms with van der Waals surface area (Å²) in [5.41, 5.74) is 8.88. The van der Waals surface area contributed by atoms with Gasteiger partial charge in [-0.3, -0.25) is 10.2 Å². The zero-order chi connectivity index (χ0) is 13.0. The Labute approximate surface area is 105 Å². The Morgan fingerprint density at radius 3 is 2.35 bits per heavy atom. The average molecular weight is 241 g/mol. The van der Waals surface area contributed by atoms with E-state index in [0.717, 1.165) is 19.3 Å². The smallest absolute Gasteiger partial charge is 0.251 e. The lowest BCUT2D eigenvalue weighted by molar-refractivity contribution is -0.131. The third kappa shape index (κ3) is 4.28. The van der Waals surface area contributed by atoms with Gasteiger partial charge in [-0.2, -0.15) is 0 Å². The molecule has 1 amide bonds. The lowest BCUT2D eigenvalue weighted by Gasteiger charge is -2.39. The Morgan fingerprint density at radius 1 is 1.35 bits per heavy atom. The summed E-state index contributed by atoms with van der Waals surface area (Å²) in [5.74, 6) is 0.409. The van der Waals surface area contributed by atoms with E-state index in [4.69, 9.17) is 5.73 Å². The Bertz CT molecular complexity index is 245. The van der Waals surface area contributed by atoms with Crippen LogP contribution in [0.4, 0.5) is 0 Å². The molecule has 17 heavy (non-hydrogen) atoms. The maximum atomic E-state index is 12.0. The molecule has 0 saturated carbocycles. The summed E-state index contributed by atoms with van der Waals surface area (Å²) in [6.45, 7) is 8.48. The van der Waals surface area contributed by atoms with Gasteiger partial charge in [0.25, 0.3) is 5.91 Å². The second kappa shape index (κ2) is 6.36. The van der Waals surface area contributed by atoms with Crippen molar-refractivity contribution in [3.05, 3.63) is 0 Å². The maximum Gasteiger partial charge on any atom is 0.251 e. The summed E-state index contributed by atoms with van der Waals surface area (Å²) in [5, 5.41) is 2.08. The molecular formula is C13H27N3O. The molecule has 0 aliphatic carbocycles. The lowest BCUT2D eigenvalue weighted by Crippen LogP contribution is -2.57. The zero-order valence-electron chi connectivity index (χ0n) is 11.6. The van der Waals surface area contributed by atoms with Gasteiger partial charge in [0, 0.05) is 12.1 Å². The number of nitrogens with two attached hydrogens (primary N) is 1. The van der Waals surface area contributed by atoms with Crippen molar-refractivity contribution in [1.82, 2.24) is 10.4 Å². The fourth-order valence-corrected chi connectivity index (χ4v) is 2.47. The van der Waals surface area contributed by atoms with E-state index in [1.54, 1.807) is 0 Å². The molecule has 0 aromatic carbocycles. The molecule has 1 aliphatic rings. The number of nitrogens with one attached hydrogen (secondary N) is 1. The van der Waals surface area contributed by atoms with Crippen LogP contribution in [0.25, 0.3) is 0 Å². The molecular weight excluding hydrogens is 214 g/mol. The summed E-state index contributed by atoms with van der Waals surface area (Å²) in [7, 11) is 0. The van der Waals surface area contributed by atoms with E-state index >= 15 is 0 Å². The van der Waals surface area contributed by atoms with Crippen LogP contribution in [0, 0.1) is 5.92 Å². The van der Waals surface area contributed by atoms with Crippen LogP contribution in [0.2, 0.25) is 0 Å². The summed E-state index contributed by atoms with van der Waals surface area (Å²) < 4.78 is 0. The van der Waals surface area contributed by atoms with Crippen molar-refractivity contribution < 1.29 is 4.79 Å². The van der Waals surface area contributed by atoms with Crippen molar-refractivity contribution in [3.63, 3.8) is 0 Å². The molecule has 1 rings (SSSR count). The molecule has 3 atom stereocenters. The van der Waals surface area contributed by atoms with Crippen molar-refractivity contribution in [2.45, 2.75) is 71.5 Å². The predicted molar refractivity (Wildman–Crippen MR) is 70.2 cm³/mol. The van der Waals surface area contributed by atoms with E-state index in [1.165, 1.54) is 6.42 Å². The van der Waals surface area contributed by atoms with E-state index in [-0.39, 0.29) is 5.91 Å². The van der Waals surface area contributed by atoms with Gasteiger partial charge in [-0.15, -0.1) is 0 Å². The molecule has 4 heteroatoms. The number of nitrogens with zero attached hydrogens (tertiary/aromatic N) is 1. The minimum Gasteiger partial charge on any atom is -0.320 e. The van der Waals surface area contributed by atoms with Crippen LogP contribution in [-0.4, -0.2) is 29.0 Å². The Morgan fingerprint density at radius 2 is 1.88 bits per heavy atom. The molecule has 1 aliphatic heterocycles. The second-order valence-electron chi connectivity index (χ2n) is 5.75. The van der Waals surface area contributed by atoms with Crippen LogP contribution < -0.4 is 11.2 Å². The Hall–Kier alpha value is -0.610. The molecule has 4 nitrogen and oxygen atoms in total. The first-order valence-corrected chi connectivity index (χ1v) is 6.76. The van der Waals surface area contributed by atoms with Gasteiger partial charge in [-0.1, -0.05) is 20.3 Å². The maximum absolute atomic E-state index is 12.0. The fraction of sp³-hybridized carbons (Fsp3) is 0.923. The van der Waals surface area contributed by atoms with Gasteiger partial charge < -0.3 is 5.73 Å². The molecule has 1 fully saturated rings. The molecule has 0 aromatic heterocycles. The number of rotatable bonds is 4.